The van der Waals surface area contributed by atoms with Crippen LogP contribution in [0.2, 0.25) is 0 Å². The molecule has 0 spiro atoms. The van der Waals surface area contributed by atoms with Gasteiger partial charge in [0.1, 0.15) is 18.2 Å². The number of hydroxylamine groups is 1. The summed E-state index contributed by atoms with van der Waals surface area (Å²) in [5.41, 5.74) is 3.07. The standard InChI is InChI=1S/C28H46N5O12P/c1-6-7-8-9-10-11-12-14-41-32-26(34)24-23-25(30-16-29-24)33(17-31-23)13-15-38-20-46(37,42-18-39-27(35)44-21(2)3)43-19-40-28(36)45-22(4)5/h16-17,21-22H,6-15,18-20H2,1-5H3,(H,32,34). The maximum atomic E-state index is 13.2. The summed E-state index contributed by atoms with van der Waals surface area (Å²) < 4.78 is 49.7. The first-order chi connectivity index (χ1) is 22.0. The summed E-state index contributed by atoms with van der Waals surface area (Å²) in [5.74, 6) is -0.550. The number of carbonyl (C=O) groups excluding carboxylic acids is 3. The van der Waals surface area contributed by atoms with Crippen LogP contribution in [-0.2, 0) is 48.7 Å². The van der Waals surface area contributed by atoms with E-state index in [-0.39, 0.29) is 24.4 Å². The van der Waals surface area contributed by atoms with Gasteiger partial charge >= 0.3 is 19.9 Å². The van der Waals surface area contributed by atoms with Crippen LogP contribution < -0.4 is 5.48 Å². The quantitative estimate of drug-likeness (QED) is 0.0510. The van der Waals surface area contributed by atoms with Gasteiger partial charge in [0.15, 0.2) is 11.3 Å². The molecule has 2 aromatic rings. The number of ether oxygens (including phenoxy) is 5. The minimum atomic E-state index is -4.11. The predicted molar refractivity (Wildman–Crippen MR) is 162 cm³/mol. The maximum absolute atomic E-state index is 13.2. The van der Waals surface area contributed by atoms with Crippen LogP contribution in [0.15, 0.2) is 12.7 Å². The summed E-state index contributed by atoms with van der Waals surface area (Å²) in [4.78, 5) is 53.7. The first-order valence-electron chi connectivity index (χ1n) is 15.2. The summed E-state index contributed by atoms with van der Waals surface area (Å²) in [6.07, 6.45) is 7.01. The molecule has 17 nitrogen and oxygen atoms in total. The molecule has 1 amide bonds. The van der Waals surface area contributed by atoms with Gasteiger partial charge < -0.3 is 28.3 Å². The van der Waals surface area contributed by atoms with Crippen molar-refractivity contribution in [3.05, 3.63) is 18.3 Å². The van der Waals surface area contributed by atoms with Crippen molar-refractivity contribution in [3.63, 3.8) is 0 Å². The van der Waals surface area contributed by atoms with Crippen LogP contribution in [0, 0.1) is 0 Å². The highest BCUT2D eigenvalue weighted by atomic mass is 31.2. The molecule has 0 saturated carbocycles. The molecule has 260 valence electrons. The van der Waals surface area contributed by atoms with E-state index in [1.165, 1.54) is 38.3 Å². The minimum absolute atomic E-state index is 0.0260. The van der Waals surface area contributed by atoms with Gasteiger partial charge in [-0.1, -0.05) is 45.4 Å². The SMILES string of the molecule is CCCCCCCCCONC(=O)c1ncnc2c1ncn2CCOCP(=O)(OCOC(=O)OC(C)C)OCOC(=O)OC(C)C. The van der Waals surface area contributed by atoms with Crippen molar-refractivity contribution >= 4 is 37.0 Å². The fourth-order valence-corrected chi connectivity index (χ4v) is 4.72. The van der Waals surface area contributed by atoms with Crippen molar-refractivity contribution in [2.75, 3.05) is 33.1 Å². The Morgan fingerprint density at radius 1 is 0.848 bits per heavy atom. The van der Waals surface area contributed by atoms with E-state index < -0.39 is 58.0 Å². The second-order valence-corrected chi connectivity index (χ2v) is 12.5. The lowest BCUT2D eigenvalue weighted by Gasteiger charge is -2.19. The van der Waals surface area contributed by atoms with E-state index in [0.717, 1.165) is 19.3 Å². The number of nitrogens with one attached hydrogen (secondary N) is 1. The lowest BCUT2D eigenvalue weighted by atomic mass is 10.1. The van der Waals surface area contributed by atoms with Crippen molar-refractivity contribution < 1.29 is 56.5 Å². The van der Waals surface area contributed by atoms with E-state index in [0.29, 0.717) is 12.3 Å². The summed E-state index contributed by atoms with van der Waals surface area (Å²) in [6.45, 7) is 7.65. The number of fused-ring (bicyclic) bond motifs is 1. The van der Waals surface area contributed by atoms with Gasteiger partial charge in [0.25, 0.3) is 5.91 Å². The molecule has 0 aliphatic carbocycles. The number of nitrogens with zero attached hydrogens (tertiary/aromatic N) is 4. The monoisotopic (exact) mass is 675 g/mol. The van der Waals surface area contributed by atoms with Gasteiger partial charge in [-0.25, -0.2) is 30.0 Å². The molecule has 0 saturated heterocycles. The maximum Gasteiger partial charge on any atom is 0.510 e. The molecule has 0 unspecified atom stereocenters. The lowest BCUT2D eigenvalue weighted by molar-refractivity contribution is -0.0344. The molecule has 18 heteroatoms. The van der Waals surface area contributed by atoms with Crippen LogP contribution in [0.4, 0.5) is 9.59 Å². The second-order valence-electron chi connectivity index (χ2n) is 10.5. The Morgan fingerprint density at radius 2 is 1.46 bits per heavy atom. The molecule has 0 fully saturated rings. The van der Waals surface area contributed by atoms with E-state index in [1.807, 2.05) is 0 Å². The lowest BCUT2D eigenvalue weighted by Crippen LogP contribution is -2.25. The van der Waals surface area contributed by atoms with Crippen molar-refractivity contribution in [2.45, 2.75) is 98.3 Å². The Bertz CT molecular complexity index is 1230. The minimum Gasteiger partial charge on any atom is -0.432 e. The summed E-state index contributed by atoms with van der Waals surface area (Å²) in [5, 5.41) is 0. The Hall–Kier alpha value is -3.37. The largest absolute Gasteiger partial charge is 0.510 e. The van der Waals surface area contributed by atoms with Crippen molar-refractivity contribution in [1.82, 2.24) is 25.0 Å². The second kappa shape index (κ2) is 21.4. The number of unbranched alkanes of at least 4 members (excludes halogenated alkanes) is 6. The average Bonchev–Trinajstić information content (AvgIpc) is 3.41. The number of hydrogen-bond acceptors (Lipinski definition) is 15. The average molecular weight is 676 g/mol. The van der Waals surface area contributed by atoms with Crippen molar-refractivity contribution in [1.29, 1.82) is 0 Å². The van der Waals surface area contributed by atoms with Gasteiger partial charge in [0, 0.05) is 6.54 Å². The van der Waals surface area contributed by atoms with E-state index in [9.17, 15) is 18.9 Å². The van der Waals surface area contributed by atoms with E-state index in [1.54, 1.807) is 32.3 Å². The van der Waals surface area contributed by atoms with E-state index >= 15 is 0 Å². The van der Waals surface area contributed by atoms with Crippen LogP contribution in [-0.4, -0.2) is 83.1 Å². The third-order valence-electron chi connectivity index (χ3n) is 5.87. The molecular weight excluding hydrogens is 629 g/mol. The molecule has 0 atom stereocenters. The third-order valence-corrected chi connectivity index (χ3v) is 7.37. The van der Waals surface area contributed by atoms with Gasteiger partial charge in [0.2, 0.25) is 13.6 Å². The smallest absolute Gasteiger partial charge is 0.432 e. The summed E-state index contributed by atoms with van der Waals surface area (Å²) in [6, 6.07) is 0. The van der Waals surface area contributed by atoms with E-state index in [2.05, 4.69) is 27.4 Å². The fourth-order valence-electron chi connectivity index (χ4n) is 3.72. The number of amides is 1. The molecule has 0 radical (unpaired) electrons. The molecule has 2 aromatic heterocycles. The van der Waals surface area contributed by atoms with Crippen molar-refractivity contribution in [2.24, 2.45) is 0 Å². The molecule has 0 aromatic carbocycles. The number of imidazole rings is 1. The van der Waals surface area contributed by atoms with E-state index in [4.69, 9.17) is 37.6 Å². The molecule has 0 bridgehead atoms. The highest BCUT2D eigenvalue weighted by Gasteiger charge is 2.28. The van der Waals surface area contributed by atoms with Gasteiger partial charge in [-0.15, -0.1) is 0 Å². The van der Waals surface area contributed by atoms with Crippen LogP contribution in [0.5, 0.6) is 0 Å². The first-order valence-corrected chi connectivity index (χ1v) is 17.0. The molecule has 1 N–H and O–H groups in total. The van der Waals surface area contributed by atoms with Crippen molar-refractivity contribution in [3.8, 4) is 0 Å². The number of rotatable bonds is 23. The normalized spacial score (nSPS) is 11.6. The third kappa shape index (κ3) is 15.3. The van der Waals surface area contributed by atoms with Gasteiger partial charge in [0.05, 0.1) is 31.7 Å². The van der Waals surface area contributed by atoms with Gasteiger partial charge in [-0.3, -0.25) is 23.2 Å². The highest BCUT2D eigenvalue weighted by molar-refractivity contribution is 7.53. The zero-order valence-electron chi connectivity index (χ0n) is 27.1. The molecular formula is C28H46N5O12P. The number of hydrogen-bond donors (Lipinski definition) is 1. The predicted octanol–water partition coefficient (Wildman–Crippen LogP) is 5.48. The molecule has 46 heavy (non-hydrogen) atoms. The van der Waals surface area contributed by atoms with Crippen LogP contribution in [0.25, 0.3) is 11.2 Å². The number of aromatic nitrogens is 4. The Kier molecular flexibility index (Phi) is 18.1. The molecule has 2 heterocycles. The topological polar surface area (TPSA) is 198 Å². The van der Waals surface area contributed by atoms with Crippen LogP contribution >= 0.6 is 7.60 Å². The Labute approximate surface area is 268 Å². The molecule has 0 aliphatic rings. The molecule has 0 aliphatic heterocycles. The fraction of sp³-hybridized carbons (Fsp3) is 0.714. The first kappa shape index (κ1) is 38.8. The zero-order chi connectivity index (χ0) is 33.8. The molecule has 2 rings (SSSR count). The van der Waals surface area contributed by atoms with Crippen LogP contribution in [0.3, 0.4) is 0 Å². The summed E-state index contributed by atoms with van der Waals surface area (Å²) in [7, 11) is -4.11. The van der Waals surface area contributed by atoms with Gasteiger partial charge in [-0.2, -0.15) is 0 Å². The van der Waals surface area contributed by atoms with Crippen LogP contribution in [0.1, 0.15) is 90.1 Å². The zero-order valence-corrected chi connectivity index (χ0v) is 28.0. The summed E-state index contributed by atoms with van der Waals surface area (Å²) >= 11 is 0. The Morgan fingerprint density at radius 3 is 2.07 bits per heavy atom. The van der Waals surface area contributed by atoms with Gasteiger partial charge in [-0.05, 0) is 34.1 Å². The number of carbonyl (C=O) groups is 3. The highest BCUT2D eigenvalue weighted by Crippen LogP contribution is 2.48. The Balaban J connectivity index is 1.87.